The van der Waals surface area contributed by atoms with Crippen LogP contribution in [0.2, 0.25) is 0 Å². The van der Waals surface area contributed by atoms with Crippen LogP contribution in [0.25, 0.3) is 0 Å². The molecule has 0 heterocycles. The van der Waals surface area contributed by atoms with Gasteiger partial charge in [-0.2, -0.15) is 0 Å². The Morgan fingerprint density at radius 3 is 2.35 bits per heavy atom. The molecule has 0 aliphatic heterocycles. The molecule has 0 bridgehead atoms. The first-order chi connectivity index (χ1) is 8.04. The Labute approximate surface area is 104 Å². The second-order valence-electron chi connectivity index (χ2n) is 4.55. The molecule has 0 amide bonds. The lowest BCUT2D eigenvalue weighted by atomic mass is 10.1. The van der Waals surface area contributed by atoms with Crippen LogP contribution >= 0.6 is 0 Å². The molecule has 1 unspecified atom stereocenters. The number of rotatable bonds is 6. The lowest BCUT2D eigenvalue weighted by Crippen LogP contribution is -2.31. The predicted molar refractivity (Wildman–Crippen MR) is 72.7 cm³/mol. The van der Waals surface area contributed by atoms with Crippen LogP contribution in [0.4, 0.5) is 5.69 Å². The van der Waals surface area contributed by atoms with E-state index in [1.54, 1.807) is 0 Å². The van der Waals surface area contributed by atoms with E-state index in [1.165, 1.54) is 0 Å². The van der Waals surface area contributed by atoms with Gasteiger partial charge in [0, 0.05) is 30.3 Å². The summed E-state index contributed by atoms with van der Waals surface area (Å²) < 4.78 is 0. The molecule has 0 aliphatic rings. The predicted octanol–water partition coefficient (Wildman–Crippen LogP) is 2.64. The second-order valence-corrected chi connectivity index (χ2v) is 4.55. The van der Waals surface area contributed by atoms with Crippen molar-refractivity contribution < 1.29 is 4.79 Å². The fraction of sp³-hybridized carbons (Fsp3) is 0.500. The van der Waals surface area contributed by atoms with Crippen LogP contribution in [0.15, 0.2) is 24.3 Å². The minimum absolute atomic E-state index is 0.193. The Kier molecular flexibility index (Phi) is 5.16. The Morgan fingerprint density at radius 1 is 1.29 bits per heavy atom. The fourth-order valence-electron chi connectivity index (χ4n) is 1.43. The van der Waals surface area contributed by atoms with Crippen molar-refractivity contribution in [3.05, 3.63) is 29.8 Å². The lowest BCUT2D eigenvalue weighted by Gasteiger charge is -2.20. The zero-order chi connectivity index (χ0) is 12.8. The largest absolute Gasteiger partial charge is 0.383 e. The van der Waals surface area contributed by atoms with Gasteiger partial charge in [0.1, 0.15) is 0 Å². The molecule has 1 aromatic carbocycles. The molecule has 0 aromatic heterocycles. The van der Waals surface area contributed by atoms with Gasteiger partial charge in [-0.05, 0) is 45.3 Å². The van der Waals surface area contributed by atoms with Crippen LogP contribution in [0, 0.1) is 0 Å². The molecule has 17 heavy (non-hydrogen) atoms. The average Bonchev–Trinajstić information content (AvgIpc) is 2.35. The van der Waals surface area contributed by atoms with Crippen molar-refractivity contribution in [3.63, 3.8) is 0 Å². The van der Waals surface area contributed by atoms with E-state index in [-0.39, 0.29) is 5.78 Å². The third-order valence-corrected chi connectivity index (χ3v) is 3.01. The number of likely N-dealkylation sites (N-methyl/N-ethyl adjacent to an activating group) is 1. The van der Waals surface area contributed by atoms with Gasteiger partial charge in [-0.15, -0.1) is 0 Å². The van der Waals surface area contributed by atoms with Crippen molar-refractivity contribution in [2.24, 2.45) is 0 Å². The van der Waals surface area contributed by atoms with E-state index in [9.17, 15) is 4.79 Å². The maximum absolute atomic E-state index is 11.5. The Balaban J connectivity index is 2.54. The van der Waals surface area contributed by atoms with E-state index in [1.807, 2.05) is 31.2 Å². The van der Waals surface area contributed by atoms with Gasteiger partial charge in [-0.1, -0.05) is 6.92 Å². The minimum atomic E-state index is 0.193. The Morgan fingerprint density at radius 2 is 1.88 bits per heavy atom. The summed E-state index contributed by atoms with van der Waals surface area (Å²) in [7, 11) is 4.13. The van der Waals surface area contributed by atoms with Gasteiger partial charge in [0.15, 0.2) is 5.78 Å². The van der Waals surface area contributed by atoms with Crippen LogP contribution in [0.3, 0.4) is 0 Å². The molecule has 0 saturated heterocycles. The highest BCUT2D eigenvalue weighted by Gasteiger charge is 2.05. The molecule has 1 atom stereocenters. The number of benzene rings is 1. The van der Waals surface area contributed by atoms with Gasteiger partial charge in [-0.25, -0.2) is 0 Å². The van der Waals surface area contributed by atoms with E-state index in [2.05, 4.69) is 31.2 Å². The number of anilines is 1. The number of hydrogen-bond donors (Lipinski definition) is 1. The number of hydrogen-bond acceptors (Lipinski definition) is 3. The maximum Gasteiger partial charge on any atom is 0.162 e. The minimum Gasteiger partial charge on any atom is -0.383 e. The van der Waals surface area contributed by atoms with E-state index in [0.29, 0.717) is 12.5 Å². The van der Waals surface area contributed by atoms with Crippen LogP contribution in [-0.4, -0.2) is 37.4 Å². The number of ketones is 1. The number of Topliss-reactive ketones (excluding diaryl/α,β-unsaturated/α-hetero) is 1. The highest BCUT2D eigenvalue weighted by Crippen LogP contribution is 2.11. The zero-order valence-corrected chi connectivity index (χ0v) is 11.2. The SMILES string of the molecule is CCC(=O)c1ccc(NCC(C)N(C)C)cc1. The van der Waals surface area contributed by atoms with Crippen LogP contribution in [-0.2, 0) is 0 Å². The summed E-state index contributed by atoms with van der Waals surface area (Å²) in [6, 6.07) is 8.17. The molecule has 0 aliphatic carbocycles. The third-order valence-electron chi connectivity index (χ3n) is 3.01. The van der Waals surface area contributed by atoms with Crippen molar-refractivity contribution >= 4 is 11.5 Å². The van der Waals surface area contributed by atoms with Crippen molar-refractivity contribution in [2.75, 3.05) is 26.0 Å². The highest BCUT2D eigenvalue weighted by molar-refractivity contribution is 5.96. The highest BCUT2D eigenvalue weighted by atomic mass is 16.1. The summed E-state index contributed by atoms with van der Waals surface area (Å²) in [6.07, 6.45) is 0.560. The molecule has 3 heteroatoms. The number of nitrogens with zero attached hydrogens (tertiary/aromatic N) is 1. The zero-order valence-electron chi connectivity index (χ0n) is 11.2. The van der Waals surface area contributed by atoms with E-state index in [0.717, 1.165) is 17.8 Å². The van der Waals surface area contributed by atoms with Crippen molar-refractivity contribution in [3.8, 4) is 0 Å². The van der Waals surface area contributed by atoms with E-state index >= 15 is 0 Å². The lowest BCUT2D eigenvalue weighted by molar-refractivity contribution is 0.0988. The van der Waals surface area contributed by atoms with Gasteiger partial charge in [0.2, 0.25) is 0 Å². The molecule has 0 spiro atoms. The average molecular weight is 234 g/mol. The normalized spacial score (nSPS) is 12.5. The van der Waals surface area contributed by atoms with Crippen molar-refractivity contribution in [1.82, 2.24) is 4.90 Å². The fourth-order valence-corrected chi connectivity index (χ4v) is 1.43. The molecule has 94 valence electrons. The summed E-state index contributed by atoms with van der Waals surface area (Å²) in [5, 5.41) is 3.36. The molecule has 1 rings (SSSR count). The molecule has 1 aromatic rings. The van der Waals surface area contributed by atoms with Gasteiger partial charge in [0.25, 0.3) is 0 Å². The van der Waals surface area contributed by atoms with Gasteiger partial charge >= 0.3 is 0 Å². The van der Waals surface area contributed by atoms with Crippen molar-refractivity contribution in [2.45, 2.75) is 26.3 Å². The molecule has 1 N–H and O–H groups in total. The third kappa shape index (κ3) is 4.19. The summed E-state index contributed by atoms with van der Waals surface area (Å²) >= 11 is 0. The van der Waals surface area contributed by atoms with Crippen LogP contribution in [0.5, 0.6) is 0 Å². The van der Waals surface area contributed by atoms with Crippen LogP contribution in [0.1, 0.15) is 30.6 Å². The number of carbonyl (C=O) groups excluding carboxylic acids is 1. The van der Waals surface area contributed by atoms with Crippen molar-refractivity contribution in [1.29, 1.82) is 0 Å². The second kappa shape index (κ2) is 6.40. The molecule has 3 nitrogen and oxygen atoms in total. The smallest absolute Gasteiger partial charge is 0.162 e. The topological polar surface area (TPSA) is 32.3 Å². The molecular formula is C14H22N2O. The van der Waals surface area contributed by atoms with Gasteiger partial charge in [0.05, 0.1) is 0 Å². The summed E-state index contributed by atoms with van der Waals surface area (Å²) in [5.74, 6) is 0.193. The molecule has 0 radical (unpaired) electrons. The van der Waals surface area contributed by atoms with E-state index in [4.69, 9.17) is 0 Å². The maximum atomic E-state index is 11.5. The van der Waals surface area contributed by atoms with Gasteiger partial charge < -0.3 is 10.2 Å². The Bertz CT molecular complexity index is 357. The summed E-state index contributed by atoms with van der Waals surface area (Å²) in [6.45, 7) is 4.95. The first-order valence-corrected chi connectivity index (χ1v) is 6.08. The molecule has 0 saturated carbocycles. The number of nitrogens with one attached hydrogen (secondary N) is 1. The quantitative estimate of drug-likeness (QED) is 0.768. The first kappa shape index (κ1) is 13.7. The first-order valence-electron chi connectivity index (χ1n) is 6.08. The van der Waals surface area contributed by atoms with Crippen LogP contribution < -0.4 is 5.32 Å². The molecule has 0 fully saturated rings. The van der Waals surface area contributed by atoms with E-state index < -0.39 is 0 Å². The summed E-state index contributed by atoms with van der Waals surface area (Å²) in [4.78, 5) is 13.6. The summed E-state index contributed by atoms with van der Waals surface area (Å²) in [5.41, 5.74) is 1.85. The Hall–Kier alpha value is -1.35. The monoisotopic (exact) mass is 234 g/mol. The molecular weight excluding hydrogens is 212 g/mol. The van der Waals surface area contributed by atoms with Gasteiger partial charge in [-0.3, -0.25) is 4.79 Å². The standard InChI is InChI=1S/C14H22N2O/c1-5-14(17)12-6-8-13(9-7-12)15-10-11(2)16(3)4/h6-9,11,15H,5,10H2,1-4H3. The number of carbonyl (C=O) groups is 1.